The summed E-state index contributed by atoms with van der Waals surface area (Å²) in [5.41, 5.74) is 0. The molecule has 0 rings (SSSR count). The first-order valence-electron chi connectivity index (χ1n) is 5.69. The fraction of sp³-hybridized carbons (Fsp3) is 0.909. The minimum Gasteiger partial charge on any atom is -0.432 e. The Labute approximate surface area is 91.6 Å². The molecular formula is C11H21O4. The van der Waals surface area contributed by atoms with Crippen molar-refractivity contribution in [2.75, 3.05) is 19.8 Å². The van der Waals surface area contributed by atoms with Crippen molar-refractivity contribution in [2.45, 2.75) is 45.4 Å². The summed E-state index contributed by atoms with van der Waals surface area (Å²) in [6, 6.07) is 0. The van der Waals surface area contributed by atoms with Crippen molar-refractivity contribution in [3.05, 3.63) is 0 Å². The average Bonchev–Trinajstić information content (AvgIpc) is 2.20. The van der Waals surface area contributed by atoms with E-state index in [2.05, 4.69) is 11.7 Å². The summed E-state index contributed by atoms with van der Waals surface area (Å²) in [5.74, 6) is 0. The molecule has 15 heavy (non-hydrogen) atoms. The zero-order valence-electron chi connectivity index (χ0n) is 9.50. The lowest BCUT2D eigenvalue weighted by Gasteiger charge is -2.03. The molecule has 89 valence electrons. The lowest BCUT2D eigenvalue weighted by Crippen LogP contribution is -2.03. The van der Waals surface area contributed by atoms with Gasteiger partial charge in [0, 0.05) is 13.2 Å². The predicted molar refractivity (Wildman–Crippen MR) is 56.2 cm³/mol. The summed E-state index contributed by atoms with van der Waals surface area (Å²) in [6.45, 7) is 3.88. The van der Waals surface area contributed by atoms with Crippen LogP contribution in [0.3, 0.4) is 0 Å². The molecule has 0 heterocycles. The second-order valence-corrected chi connectivity index (χ2v) is 3.48. The molecule has 0 spiro atoms. The van der Waals surface area contributed by atoms with Gasteiger partial charge in [0.15, 0.2) is 0 Å². The van der Waals surface area contributed by atoms with Crippen LogP contribution in [-0.4, -0.2) is 26.0 Å². The van der Waals surface area contributed by atoms with Crippen molar-refractivity contribution >= 4 is 6.16 Å². The third-order valence-corrected chi connectivity index (χ3v) is 2.05. The van der Waals surface area contributed by atoms with Gasteiger partial charge in [-0.15, -0.1) is 0 Å². The summed E-state index contributed by atoms with van der Waals surface area (Å²) >= 11 is 0. The van der Waals surface area contributed by atoms with Crippen molar-refractivity contribution in [3.63, 3.8) is 0 Å². The van der Waals surface area contributed by atoms with Gasteiger partial charge in [-0.1, -0.05) is 26.2 Å². The second-order valence-electron chi connectivity index (χ2n) is 3.48. The molecule has 1 radical (unpaired) electrons. The van der Waals surface area contributed by atoms with E-state index in [1.54, 1.807) is 0 Å². The third kappa shape index (κ3) is 13.2. The van der Waals surface area contributed by atoms with Gasteiger partial charge < -0.3 is 9.47 Å². The third-order valence-electron chi connectivity index (χ3n) is 2.05. The molecule has 0 unspecified atom stereocenters. The first-order valence-corrected chi connectivity index (χ1v) is 5.69. The van der Waals surface area contributed by atoms with Gasteiger partial charge in [0.25, 0.3) is 0 Å². The van der Waals surface area contributed by atoms with Gasteiger partial charge in [0.1, 0.15) is 0 Å². The van der Waals surface area contributed by atoms with Crippen LogP contribution in [0.2, 0.25) is 0 Å². The van der Waals surface area contributed by atoms with Crippen LogP contribution in [0.1, 0.15) is 45.4 Å². The zero-order chi connectivity index (χ0) is 11.4. The number of ether oxygens (including phenoxy) is 2. The molecule has 0 fully saturated rings. The van der Waals surface area contributed by atoms with Gasteiger partial charge in [-0.05, 0) is 19.3 Å². The van der Waals surface area contributed by atoms with Crippen molar-refractivity contribution < 1.29 is 19.4 Å². The van der Waals surface area contributed by atoms with E-state index in [0.717, 1.165) is 19.4 Å². The number of carbonyl (C=O) groups is 1. The Balaban J connectivity index is 2.89. The SMILES string of the molecule is CCCCCCOCCCCOC([O])=O. The van der Waals surface area contributed by atoms with Crippen LogP contribution in [0, 0.1) is 0 Å². The Hall–Kier alpha value is -0.770. The minimum atomic E-state index is -1.45. The van der Waals surface area contributed by atoms with Crippen LogP contribution in [0.4, 0.5) is 4.79 Å². The number of carbonyl (C=O) groups excluding carboxylic acids is 1. The van der Waals surface area contributed by atoms with Crippen LogP contribution < -0.4 is 0 Å². The van der Waals surface area contributed by atoms with Crippen molar-refractivity contribution in [1.29, 1.82) is 0 Å². The van der Waals surface area contributed by atoms with Gasteiger partial charge in [0.05, 0.1) is 6.61 Å². The number of rotatable bonds is 10. The molecule has 0 amide bonds. The van der Waals surface area contributed by atoms with E-state index >= 15 is 0 Å². The first-order chi connectivity index (χ1) is 7.27. The zero-order valence-corrected chi connectivity index (χ0v) is 9.50. The van der Waals surface area contributed by atoms with E-state index in [1.165, 1.54) is 19.3 Å². The lowest BCUT2D eigenvalue weighted by molar-refractivity contribution is 0.0624. The van der Waals surface area contributed by atoms with E-state index in [0.29, 0.717) is 13.0 Å². The Kier molecular flexibility index (Phi) is 10.7. The molecule has 0 saturated heterocycles. The lowest BCUT2D eigenvalue weighted by atomic mass is 10.2. The molecular weight excluding hydrogens is 196 g/mol. The molecule has 0 bridgehead atoms. The van der Waals surface area contributed by atoms with Crippen LogP contribution in [-0.2, 0) is 14.6 Å². The maximum Gasteiger partial charge on any atom is 0.549 e. The van der Waals surface area contributed by atoms with Gasteiger partial charge >= 0.3 is 6.16 Å². The maximum atomic E-state index is 9.87. The highest BCUT2D eigenvalue weighted by atomic mass is 16.7. The molecule has 4 heteroatoms. The maximum absolute atomic E-state index is 9.87. The average molecular weight is 217 g/mol. The van der Waals surface area contributed by atoms with Crippen molar-refractivity contribution in [2.24, 2.45) is 0 Å². The van der Waals surface area contributed by atoms with E-state index in [1.807, 2.05) is 0 Å². The van der Waals surface area contributed by atoms with Crippen molar-refractivity contribution in [3.8, 4) is 0 Å². The van der Waals surface area contributed by atoms with Crippen LogP contribution in [0.25, 0.3) is 0 Å². The molecule has 0 aromatic heterocycles. The molecule has 0 aliphatic heterocycles. The molecule has 0 N–H and O–H groups in total. The molecule has 0 aromatic rings. The largest absolute Gasteiger partial charge is 0.549 e. The van der Waals surface area contributed by atoms with Crippen LogP contribution >= 0.6 is 0 Å². The molecule has 0 aromatic carbocycles. The summed E-state index contributed by atoms with van der Waals surface area (Å²) in [6.07, 6.45) is 4.93. The van der Waals surface area contributed by atoms with E-state index in [4.69, 9.17) is 4.74 Å². The number of hydrogen-bond donors (Lipinski definition) is 0. The number of unbranched alkanes of at least 4 members (excludes halogenated alkanes) is 4. The van der Waals surface area contributed by atoms with Gasteiger partial charge in [-0.25, -0.2) is 0 Å². The van der Waals surface area contributed by atoms with Crippen LogP contribution in [0.15, 0.2) is 0 Å². The van der Waals surface area contributed by atoms with E-state index in [-0.39, 0.29) is 6.61 Å². The van der Waals surface area contributed by atoms with Gasteiger partial charge in [-0.3, -0.25) is 0 Å². The monoisotopic (exact) mass is 217 g/mol. The molecule has 0 atom stereocenters. The fourth-order valence-electron chi connectivity index (χ4n) is 1.19. The molecule has 4 nitrogen and oxygen atoms in total. The Morgan fingerprint density at radius 1 is 0.933 bits per heavy atom. The second kappa shape index (κ2) is 11.3. The standard InChI is InChI=1S/C11H21O4/c1-2-3-4-5-8-14-9-6-7-10-15-11(12)13/h2-10H2,1H3. The predicted octanol–water partition coefficient (Wildman–Crippen LogP) is 2.93. The summed E-state index contributed by atoms with van der Waals surface area (Å²) in [7, 11) is 0. The normalized spacial score (nSPS) is 10.2. The Morgan fingerprint density at radius 3 is 2.13 bits per heavy atom. The Morgan fingerprint density at radius 2 is 1.53 bits per heavy atom. The molecule has 0 aliphatic carbocycles. The molecule has 0 aliphatic rings. The highest BCUT2D eigenvalue weighted by molar-refractivity contribution is 5.56. The van der Waals surface area contributed by atoms with E-state index in [9.17, 15) is 9.90 Å². The minimum absolute atomic E-state index is 0.210. The fourth-order valence-corrected chi connectivity index (χ4v) is 1.19. The quantitative estimate of drug-likeness (QED) is 0.417. The van der Waals surface area contributed by atoms with Crippen molar-refractivity contribution in [1.82, 2.24) is 0 Å². The summed E-state index contributed by atoms with van der Waals surface area (Å²) in [4.78, 5) is 9.87. The topological polar surface area (TPSA) is 55.4 Å². The first kappa shape index (κ1) is 14.2. The number of hydrogen-bond acceptors (Lipinski definition) is 3. The van der Waals surface area contributed by atoms with Crippen LogP contribution in [0.5, 0.6) is 0 Å². The highest BCUT2D eigenvalue weighted by Gasteiger charge is 1.97. The smallest absolute Gasteiger partial charge is 0.432 e. The van der Waals surface area contributed by atoms with Gasteiger partial charge in [-0.2, -0.15) is 9.90 Å². The van der Waals surface area contributed by atoms with Gasteiger partial charge in [0.2, 0.25) is 0 Å². The molecule has 0 saturated carbocycles. The summed E-state index contributed by atoms with van der Waals surface area (Å²) in [5, 5.41) is 9.87. The summed E-state index contributed by atoms with van der Waals surface area (Å²) < 4.78 is 9.62. The van der Waals surface area contributed by atoms with E-state index < -0.39 is 6.16 Å². The Bertz CT molecular complexity index is 148. The highest BCUT2D eigenvalue weighted by Crippen LogP contribution is 1.99.